The maximum Gasteiger partial charge on any atom is 0.433 e. The Balaban J connectivity index is 2.62. The highest BCUT2D eigenvalue weighted by Gasteiger charge is 2.33. The number of esters is 1. The number of rotatable bonds is 1. The van der Waals surface area contributed by atoms with E-state index in [0.29, 0.717) is 5.52 Å². The van der Waals surface area contributed by atoms with Crippen molar-refractivity contribution < 1.29 is 22.7 Å². The van der Waals surface area contributed by atoms with Crippen molar-refractivity contribution in [1.82, 2.24) is 9.97 Å². The van der Waals surface area contributed by atoms with E-state index in [0.717, 1.165) is 13.2 Å². The number of alkyl halides is 3. The van der Waals surface area contributed by atoms with E-state index in [1.165, 1.54) is 12.3 Å². The minimum absolute atomic E-state index is 0.0198. The smallest absolute Gasteiger partial charge is 0.433 e. The van der Waals surface area contributed by atoms with Crippen LogP contribution in [0.1, 0.15) is 16.1 Å². The number of carbonyl (C=O) groups excluding carboxylic acids is 1. The van der Waals surface area contributed by atoms with Crippen LogP contribution in [0.3, 0.4) is 0 Å². The van der Waals surface area contributed by atoms with Crippen LogP contribution in [0.25, 0.3) is 11.0 Å². The summed E-state index contributed by atoms with van der Waals surface area (Å²) in [6, 6.07) is 2.07. The van der Waals surface area contributed by atoms with Gasteiger partial charge in [-0.05, 0) is 12.1 Å². The molecule has 2 aromatic rings. The highest BCUT2D eigenvalue weighted by Crippen LogP contribution is 2.29. The van der Waals surface area contributed by atoms with E-state index in [-0.39, 0.29) is 11.1 Å². The molecule has 4 nitrogen and oxygen atoms in total. The van der Waals surface area contributed by atoms with Gasteiger partial charge in [0.2, 0.25) is 0 Å². The number of aromatic amines is 1. The molecule has 2 aromatic heterocycles. The molecule has 0 bridgehead atoms. The molecule has 0 aromatic carbocycles. The fourth-order valence-electron chi connectivity index (χ4n) is 1.42. The number of ether oxygens (including phenoxy) is 1. The molecule has 0 atom stereocenters. The van der Waals surface area contributed by atoms with Gasteiger partial charge in [0.1, 0.15) is 16.8 Å². The van der Waals surface area contributed by atoms with Gasteiger partial charge in [-0.3, -0.25) is 0 Å². The molecule has 0 amide bonds. The molecule has 17 heavy (non-hydrogen) atoms. The van der Waals surface area contributed by atoms with Gasteiger partial charge < -0.3 is 9.72 Å². The zero-order valence-electron chi connectivity index (χ0n) is 8.63. The molecule has 0 aliphatic heterocycles. The van der Waals surface area contributed by atoms with Crippen molar-refractivity contribution in [1.29, 1.82) is 0 Å². The third kappa shape index (κ3) is 1.95. The van der Waals surface area contributed by atoms with E-state index in [4.69, 9.17) is 0 Å². The van der Waals surface area contributed by atoms with Crippen LogP contribution in [0.4, 0.5) is 13.2 Å². The molecular weight excluding hydrogens is 237 g/mol. The number of halogens is 3. The summed E-state index contributed by atoms with van der Waals surface area (Å²) >= 11 is 0. The molecule has 0 fully saturated rings. The summed E-state index contributed by atoms with van der Waals surface area (Å²) in [4.78, 5) is 17.4. The van der Waals surface area contributed by atoms with Crippen LogP contribution in [-0.4, -0.2) is 23.0 Å². The summed E-state index contributed by atoms with van der Waals surface area (Å²) in [6.45, 7) is 0. The van der Waals surface area contributed by atoms with Gasteiger partial charge in [0.15, 0.2) is 0 Å². The molecule has 2 rings (SSSR count). The maximum absolute atomic E-state index is 12.4. The van der Waals surface area contributed by atoms with Gasteiger partial charge in [-0.25, -0.2) is 9.78 Å². The second kappa shape index (κ2) is 3.76. The summed E-state index contributed by atoms with van der Waals surface area (Å²) in [5.74, 6) is -0.733. The Hall–Kier alpha value is -2.05. The number of H-pyrrole nitrogens is 1. The molecule has 0 aliphatic rings. The van der Waals surface area contributed by atoms with Crippen LogP contribution in [-0.2, 0) is 10.9 Å². The monoisotopic (exact) mass is 244 g/mol. The summed E-state index contributed by atoms with van der Waals surface area (Å²) in [5, 5.41) is 0. The van der Waals surface area contributed by atoms with E-state index < -0.39 is 17.8 Å². The predicted molar refractivity (Wildman–Crippen MR) is 52.4 cm³/mol. The van der Waals surface area contributed by atoms with Crippen molar-refractivity contribution >= 4 is 17.0 Å². The van der Waals surface area contributed by atoms with Crippen LogP contribution in [0, 0.1) is 0 Å². The van der Waals surface area contributed by atoms with Gasteiger partial charge >= 0.3 is 12.1 Å². The van der Waals surface area contributed by atoms with E-state index in [1.54, 1.807) is 0 Å². The number of pyridine rings is 1. The number of hydrogen-bond acceptors (Lipinski definition) is 3. The van der Waals surface area contributed by atoms with Gasteiger partial charge in [-0.15, -0.1) is 0 Å². The summed E-state index contributed by atoms with van der Waals surface area (Å²) in [6.07, 6.45) is -3.28. The normalized spacial score (nSPS) is 11.8. The number of hydrogen-bond donors (Lipinski definition) is 1. The zero-order chi connectivity index (χ0) is 12.6. The average Bonchev–Trinajstić information content (AvgIpc) is 2.69. The topological polar surface area (TPSA) is 55.0 Å². The quantitative estimate of drug-likeness (QED) is 0.783. The molecule has 7 heteroatoms. The summed E-state index contributed by atoms with van der Waals surface area (Å²) in [5.41, 5.74) is -0.770. The summed E-state index contributed by atoms with van der Waals surface area (Å²) < 4.78 is 41.8. The fraction of sp³-hybridized carbons (Fsp3) is 0.200. The first-order valence-electron chi connectivity index (χ1n) is 4.57. The maximum atomic E-state index is 12.4. The lowest BCUT2D eigenvalue weighted by atomic mass is 10.2. The molecule has 1 N–H and O–H groups in total. The largest absolute Gasteiger partial charge is 0.465 e. The molecule has 0 unspecified atom stereocenters. The number of fused-ring (bicyclic) bond motifs is 1. The predicted octanol–water partition coefficient (Wildman–Crippen LogP) is 2.37. The number of nitrogens with zero attached hydrogens (tertiary/aromatic N) is 1. The minimum atomic E-state index is -4.54. The Bertz CT molecular complexity index is 574. The molecule has 0 radical (unpaired) electrons. The van der Waals surface area contributed by atoms with E-state index in [1.807, 2.05) is 0 Å². The third-order valence-electron chi connectivity index (χ3n) is 2.22. The average molecular weight is 244 g/mol. The second-order valence-corrected chi connectivity index (χ2v) is 3.28. The zero-order valence-corrected chi connectivity index (χ0v) is 8.63. The Kier molecular flexibility index (Phi) is 2.53. The van der Waals surface area contributed by atoms with Crippen molar-refractivity contribution in [3.8, 4) is 0 Å². The summed E-state index contributed by atoms with van der Waals surface area (Å²) in [7, 11) is 1.15. The van der Waals surface area contributed by atoms with Crippen molar-refractivity contribution in [2.24, 2.45) is 0 Å². The Morgan fingerprint density at radius 3 is 2.71 bits per heavy atom. The number of aromatic nitrogens is 2. The third-order valence-corrected chi connectivity index (χ3v) is 2.22. The number of carbonyl (C=O) groups is 1. The van der Waals surface area contributed by atoms with E-state index in [9.17, 15) is 18.0 Å². The molecular formula is C10H7F3N2O2. The van der Waals surface area contributed by atoms with Crippen LogP contribution in [0.5, 0.6) is 0 Å². The Labute approximate surface area is 93.4 Å². The number of nitrogens with one attached hydrogen (secondary N) is 1. The Morgan fingerprint density at radius 1 is 1.41 bits per heavy atom. The highest BCUT2D eigenvalue weighted by atomic mass is 19.4. The lowest BCUT2D eigenvalue weighted by Crippen LogP contribution is -2.08. The molecule has 0 aliphatic carbocycles. The van der Waals surface area contributed by atoms with Crippen molar-refractivity contribution in [2.75, 3.05) is 7.11 Å². The second-order valence-electron chi connectivity index (χ2n) is 3.28. The SMILES string of the molecule is COC(=O)c1c[nH]c2ccc(C(F)(F)F)nc12. The highest BCUT2D eigenvalue weighted by molar-refractivity contribution is 6.02. The number of methoxy groups -OCH3 is 1. The van der Waals surface area contributed by atoms with Crippen LogP contribution < -0.4 is 0 Å². The van der Waals surface area contributed by atoms with E-state index in [2.05, 4.69) is 14.7 Å². The van der Waals surface area contributed by atoms with Gasteiger partial charge in [0.05, 0.1) is 12.6 Å². The van der Waals surface area contributed by atoms with Crippen LogP contribution >= 0.6 is 0 Å². The van der Waals surface area contributed by atoms with Gasteiger partial charge in [0.25, 0.3) is 0 Å². The van der Waals surface area contributed by atoms with Crippen molar-refractivity contribution in [3.05, 3.63) is 29.6 Å². The van der Waals surface area contributed by atoms with Crippen LogP contribution in [0.2, 0.25) is 0 Å². The molecule has 0 spiro atoms. The van der Waals surface area contributed by atoms with Crippen molar-refractivity contribution in [2.45, 2.75) is 6.18 Å². The van der Waals surface area contributed by atoms with Gasteiger partial charge in [-0.1, -0.05) is 0 Å². The first-order chi connectivity index (χ1) is 7.93. The van der Waals surface area contributed by atoms with Gasteiger partial charge in [0, 0.05) is 6.20 Å². The molecule has 2 heterocycles. The van der Waals surface area contributed by atoms with Crippen molar-refractivity contribution in [3.63, 3.8) is 0 Å². The molecule has 0 saturated carbocycles. The minimum Gasteiger partial charge on any atom is -0.465 e. The Morgan fingerprint density at radius 2 is 2.12 bits per heavy atom. The first-order valence-corrected chi connectivity index (χ1v) is 4.57. The lowest BCUT2D eigenvalue weighted by molar-refractivity contribution is -0.140. The van der Waals surface area contributed by atoms with Crippen LogP contribution in [0.15, 0.2) is 18.3 Å². The standard InChI is InChI=1S/C10H7F3N2O2/c1-17-9(16)5-4-14-6-2-3-7(10(11,12)13)15-8(5)6/h2-4,14H,1H3. The molecule has 90 valence electrons. The molecule has 0 saturated heterocycles. The fourth-order valence-corrected chi connectivity index (χ4v) is 1.42. The van der Waals surface area contributed by atoms with Gasteiger partial charge in [-0.2, -0.15) is 13.2 Å². The first kappa shape index (κ1) is 11.4. The lowest BCUT2D eigenvalue weighted by Gasteiger charge is -2.05. The van der Waals surface area contributed by atoms with E-state index >= 15 is 0 Å².